The lowest BCUT2D eigenvalue weighted by Gasteiger charge is -2.08. The van der Waals surface area contributed by atoms with Crippen LogP contribution in [0.3, 0.4) is 0 Å². The van der Waals surface area contributed by atoms with E-state index >= 15 is 0 Å². The standard InChI is InChI=1S/C15H22O/c1-3-4-5-6-8-11-14(2)16-15-12-9-7-10-13-15/h7,9-10,12-13H,2-6,8,11H2,1H3. The first-order valence-corrected chi connectivity index (χ1v) is 6.23. The molecule has 0 N–H and O–H groups in total. The molecule has 0 fully saturated rings. The zero-order valence-electron chi connectivity index (χ0n) is 10.2. The van der Waals surface area contributed by atoms with E-state index in [1.807, 2.05) is 30.3 Å². The van der Waals surface area contributed by atoms with Crippen LogP contribution in [0.15, 0.2) is 42.7 Å². The van der Waals surface area contributed by atoms with Crippen LogP contribution in [0.1, 0.15) is 45.4 Å². The van der Waals surface area contributed by atoms with E-state index in [4.69, 9.17) is 4.74 Å². The van der Waals surface area contributed by atoms with Crippen molar-refractivity contribution >= 4 is 0 Å². The second kappa shape index (κ2) is 7.98. The van der Waals surface area contributed by atoms with Gasteiger partial charge in [-0.15, -0.1) is 0 Å². The van der Waals surface area contributed by atoms with Gasteiger partial charge in [-0.2, -0.15) is 0 Å². The molecule has 0 atom stereocenters. The molecule has 88 valence electrons. The number of hydrogen-bond donors (Lipinski definition) is 0. The molecule has 0 spiro atoms. The van der Waals surface area contributed by atoms with E-state index in [1.54, 1.807) is 0 Å². The second-order valence-corrected chi connectivity index (χ2v) is 4.12. The SMILES string of the molecule is C=C(CCCCCCC)Oc1ccccc1. The summed E-state index contributed by atoms with van der Waals surface area (Å²) in [5.74, 6) is 1.77. The van der Waals surface area contributed by atoms with Gasteiger partial charge in [0, 0.05) is 6.42 Å². The summed E-state index contributed by atoms with van der Waals surface area (Å²) < 4.78 is 5.63. The second-order valence-electron chi connectivity index (χ2n) is 4.12. The molecule has 0 bridgehead atoms. The minimum absolute atomic E-state index is 0.877. The molecule has 1 aromatic rings. The van der Waals surface area contributed by atoms with Crippen LogP contribution in [-0.2, 0) is 0 Å². The Kier molecular flexibility index (Phi) is 6.39. The van der Waals surface area contributed by atoms with Crippen molar-refractivity contribution in [3.63, 3.8) is 0 Å². The highest BCUT2D eigenvalue weighted by Gasteiger charge is 1.97. The Morgan fingerprint density at radius 2 is 1.75 bits per heavy atom. The molecule has 0 radical (unpaired) electrons. The van der Waals surface area contributed by atoms with E-state index in [0.29, 0.717) is 0 Å². The number of unbranched alkanes of at least 4 members (excludes halogenated alkanes) is 4. The first-order valence-electron chi connectivity index (χ1n) is 6.23. The Hall–Kier alpha value is -1.24. The molecule has 16 heavy (non-hydrogen) atoms. The first kappa shape index (κ1) is 12.8. The van der Waals surface area contributed by atoms with E-state index < -0.39 is 0 Å². The van der Waals surface area contributed by atoms with Crippen LogP contribution in [0.2, 0.25) is 0 Å². The van der Waals surface area contributed by atoms with Gasteiger partial charge in [-0.25, -0.2) is 0 Å². The van der Waals surface area contributed by atoms with Crippen molar-refractivity contribution < 1.29 is 4.74 Å². The van der Waals surface area contributed by atoms with Crippen molar-refractivity contribution in [3.8, 4) is 5.75 Å². The normalized spacial score (nSPS) is 10.1. The summed E-state index contributed by atoms with van der Waals surface area (Å²) >= 11 is 0. The van der Waals surface area contributed by atoms with E-state index in [9.17, 15) is 0 Å². The van der Waals surface area contributed by atoms with Gasteiger partial charge in [0.05, 0.1) is 5.76 Å². The van der Waals surface area contributed by atoms with E-state index in [0.717, 1.165) is 17.9 Å². The summed E-state index contributed by atoms with van der Waals surface area (Å²) in [7, 11) is 0. The predicted octanol–water partition coefficient (Wildman–Crippen LogP) is 4.94. The van der Waals surface area contributed by atoms with Gasteiger partial charge in [0.25, 0.3) is 0 Å². The Morgan fingerprint density at radius 3 is 2.44 bits per heavy atom. The third-order valence-corrected chi connectivity index (χ3v) is 2.56. The molecular weight excluding hydrogens is 196 g/mol. The van der Waals surface area contributed by atoms with Crippen molar-refractivity contribution in [3.05, 3.63) is 42.7 Å². The number of para-hydroxylation sites is 1. The minimum atomic E-state index is 0.877. The zero-order chi connectivity index (χ0) is 11.6. The van der Waals surface area contributed by atoms with Gasteiger partial charge in [-0.1, -0.05) is 57.4 Å². The molecule has 0 saturated carbocycles. The Labute approximate surface area is 99.1 Å². The summed E-state index contributed by atoms with van der Waals surface area (Å²) in [6.45, 7) is 6.18. The van der Waals surface area contributed by atoms with Gasteiger partial charge in [0.1, 0.15) is 5.75 Å². The lowest BCUT2D eigenvalue weighted by molar-refractivity contribution is 0.398. The van der Waals surface area contributed by atoms with Crippen molar-refractivity contribution in [2.45, 2.75) is 45.4 Å². The number of allylic oxidation sites excluding steroid dienone is 1. The maximum absolute atomic E-state index is 5.63. The summed E-state index contributed by atoms with van der Waals surface area (Å²) in [5, 5.41) is 0. The molecule has 0 unspecified atom stereocenters. The molecule has 1 nitrogen and oxygen atoms in total. The maximum atomic E-state index is 5.63. The van der Waals surface area contributed by atoms with Gasteiger partial charge in [0.2, 0.25) is 0 Å². The van der Waals surface area contributed by atoms with Gasteiger partial charge in [-0.3, -0.25) is 0 Å². The molecule has 0 amide bonds. The molecule has 0 heterocycles. The van der Waals surface area contributed by atoms with Gasteiger partial charge >= 0.3 is 0 Å². The van der Waals surface area contributed by atoms with Crippen molar-refractivity contribution in [1.82, 2.24) is 0 Å². The number of ether oxygens (including phenoxy) is 1. The summed E-state index contributed by atoms with van der Waals surface area (Å²) in [6.07, 6.45) is 7.40. The Balaban J connectivity index is 2.12. The van der Waals surface area contributed by atoms with Gasteiger partial charge < -0.3 is 4.74 Å². The van der Waals surface area contributed by atoms with Crippen LogP contribution in [0.4, 0.5) is 0 Å². The van der Waals surface area contributed by atoms with Crippen LogP contribution in [0.5, 0.6) is 5.75 Å². The summed E-state index contributed by atoms with van der Waals surface area (Å²) in [6, 6.07) is 9.86. The van der Waals surface area contributed by atoms with Crippen molar-refractivity contribution in [2.75, 3.05) is 0 Å². The smallest absolute Gasteiger partial charge is 0.126 e. The maximum Gasteiger partial charge on any atom is 0.126 e. The molecule has 1 aromatic carbocycles. The molecule has 1 rings (SSSR count). The molecule has 0 aliphatic carbocycles. The van der Waals surface area contributed by atoms with Gasteiger partial charge in [0.15, 0.2) is 0 Å². The van der Waals surface area contributed by atoms with Crippen LogP contribution in [-0.4, -0.2) is 0 Å². The highest BCUT2D eigenvalue weighted by molar-refractivity contribution is 5.22. The number of hydrogen-bond acceptors (Lipinski definition) is 1. The predicted molar refractivity (Wildman–Crippen MR) is 69.6 cm³/mol. The number of benzene rings is 1. The third kappa shape index (κ3) is 5.59. The topological polar surface area (TPSA) is 9.23 Å². The monoisotopic (exact) mass is 218 g/mol. The highest BCUT2D eigenvalue weighted by Crippen LogP contribution is 2.16. The quantitative estimate of drug-likeness (QED) is 0.443. The largest absolute Gasteiger partial charge is 0.462 e. The zero-order valence-corrected chi connectivity index (χ0v) is 10.2. The van der Waals surface area contributed by atoms with Gasteiger partial charge in [-0.05, 0) is 18.6 Å². The molecule has 0 aliphatic rings. The Morgan fingerprint density at radius 1 is 1.06 bits per heavy atom. The van der Waals surface area contributed by atoms with E-state index in [2.05, 4.69) is 13.5 Å². The third-order valence-electron chi connectivity index (χ3n) is 2.56. The molecule has 0 aliphatic heterocycles. The van der Waals surface area contributed by atoms with E-state index in [-0.39, 0.29) is 0 Å². The fourth-order valence-electron chi connectivity index (χ4n) is 1.63. The molecule has 0 aromatic heterocycles. The summed E-state index contributed by atoms with van der Waals surface area (Å²) in [4.78, 5) is 0. The Bertz CT molecular complexity index is 290. The first-order chi connectivity index (χ1) is 7.83. The van der Waals surface area contributed by atoms with Crippen molar-refractivity contribution in [2.24, 2.45) is 0 Å². The highest BCUT2D eigenvalue weighted by atomic mass is 16.5. The van der Waals surface area contributed by atoms with Crippen LogP contribution < -0.4 is 4.74 Å². The van der Waals surface area contributed by atoms with Crippen molar-refractivity contribution in [1.29, 1.82) is 0 Å². The lowest BCUT2D eigenvalue weighted by Crippen LogP contribution is -1.93. The molecule has 0 saturated heterocycles. The van der Waals surface area contributed by atoms with Crippen LogP contribution in [0.25, 0.3) is 0 Å². The van der Waals surface area contributed by atoms with E-state index in [1.165, 1.54) is 32.1 Å². The van der Waals surface area contributed by atoms with Crippen LogP contribution >= 0.6 is 0 Å². The minimum Gasteiger partial charge on any atom is -0.462 e. The summed E-state index contributed by atoms with van der Waals surface area (Å²) in [5.41, 5.74) is 0. The average Bonchev–Trinajstić information content (AvgIpc) is 2.30. The fourth-order valence-corrected chi connectivity index (χ4v) is 1.63. The fraction of sp³-hybridized carbons (Fsp3) is 0.467. The van der Waals surface area contributed by atoms with Crippen LogP contribution in [0, 0.1) is 0 Å². The number of rotatable bonds is 8. The molecular formula is C15H22O. The average molecular weight is 218 g/mol. The lowest BCUT2D eigenvalue weighted by atomic mass is 10.1. The molecule has 1 heteroatoms.